The minimum Gasteiger partial charge on any atom is -0.352 e. The van der Waals surface area contributed by atoms with Crippen LogP contribution in [-0.2, 0) is 6.54 Å². The summed E-state index contributed by atoms with van der Waals surface area (Å²) in [6, 6.07) is 14.0. The van der Waals surface area contributed by atoms with Crippen LogP contribution in [0.4, 0.5) is 0 Å². The van der Waals surface area contributed by atoms with Gasteiger partial charge in [-0.3, -0.25) is 4.79 Å². The number of amides is 1. The highest BCUT2D eigenvalue weighted by atomic mass is 16.1. The first kappa shape index (κ1) is 18.6. The Morgan fingerprint density at radius 2 is 1.89 bits per heavy atom. The maximum Gasteiger partial charge on any atom is 0.251 e. The molecule has 0 spiro atoms. The van der Waals surface area contributed by atoms with Crippen LogP contribution in [0.15, 0.2) is 42.5 Å². The molecule has 4 rings (SSSR count). The number of hydrogen-bond acceptors (Lipinski definition) is 4. The third-order valence-corrected chi connectivity index (χ3v) is 5.36. The van der Waals surface area contributed by atoms with Gasteiger partial charge in [-0.2, -0.15) is 0 Å². The molecule has 1 aromatic heterocycles. The molecule has 0 unspecified atom stereocenters. The summed E-state index contributed by atoms with van der Waals surface area (Å²) in [6.07, 6.45) is 3.59. The fraction of sp³-hybridized carbons (Fsp3) is 0.409. The molecule has 1 amide bonds. The van der Waals surface area contributed by atoms with Crippen LogP contribution in [0.25, 0.3) is 11.0 Å². The molecule has 0 bridgehead atoms. The van der Waals surface area contributed by atoms with E-state index < -0.39 is 0 Å². The summed E-state index contributed by atoms with van der Waals surface area (Å²) in [6.45, 7) is 6.90. The highest BCUT2D eigenvalue weighted by Gasteiger charge is 2.12. The number of carbonyl (C=O) groups is 1. The number of fused-ring (bicyclic) bond motifs is 1. The van der Waals surface area contributed by atoms with Crippen LogP contribution < -0.4 is 5.32 Å². The third kappa shape index (κ3) is 4.39. The van der Waals surface area contributed by atoms with Gasteiger partial charge in [0.1, 0.15) is 5.52 Å². The molecule has 6 nitrogen and oxygen atoms in total. The summed E-state index contributed by atoms with van der Waals surface area (Å²) in [5.74, 6) is -0.0450. The molecule has 1 aliphatic heterocycles. The molecule has 1 aliphatic rings. The maximum atomic E-state index is 12.4. The Morgan fingerprint density at radius 3 is 2.68 bits per heavy atom. The number of aryl methyl sites for hydroxylation is 1. The molecule has 0 radical (unpaired) electrons. The second-order valence-corrected chi connectivity index (χ2v) is 7.59. The molecule has 0 aliphatic carbocycles. The van der Waals surface area contributed by atoms with Crippen molar-refractivity contribution in [2.24, 2.45) is 0 Å². The maximum absolute atomic E-state index is 12.4. The van der Waals surface area contributed by atoms with Crippen molar-refractivity contribution in [3.63, 3.8) is 0 Å². The number of benzene rings is 2. The lowest BCUT2D eigenvalue weighted by molar-refractivity contribution is 0.0952. The van der Waals surface area contributed by atoms with E-state index in [2.05, 4.69) is 51.7 Å². The van der Waals surface area contributed by atoms with Crippen molar-refractivity contribution in [1.29, 1.82) is 0 Å². The van der Waals surface area contributed by atoms with Crippen molar-refractivity contribution in [2.45, 2.75) is 32.7 Å². The van der Waals surface area contributed by atoms with Gasteiger partial charge in [-0.25, -0.2) is 4.68 Å². The Kier molecular flexibility index (Phi) is 5.67. The van der Waals surface area contributed by atoms with Crippen molar-refractivity contribution in [3.05, 3.63) is 59.2 Å². The number of likely N-dealkylation sites (tertiary alicyclic amines) is 1. The van der Waals surface area contributed by atoms with Gasteiger partial charge in [0.25, 0.3) is 5.91 Å². The molecule has 146 valence electrons. The van der Waals surface area contributed by atoms with Crippen molar-refractivity contribution < 1.29 is 4.79 Å². The zero-order valence-corrected chi connectivity index (χ0v) is 16.4. The van der Waals surface area contributed by atoms with Gasteiger partial charge in [0.2, 0.25) is 0 Å². The molecular weight excluding hydrogens is 350 g/mol. The summed E-state index contributed by atoms with van der Waals surface area (Å²) in [4.78, 5) is 14.9. The van der Waals surface area contributed by atoms with Crippen LogP contribution in [0.3, 0.4) is 0 Å². The molecule has 1 N–H and O–H groups in total. The van der Waals surface area contributed by atoms with Gasteiger partial charge in [-0.15, -0.1) is 5.10 Å². The van der Waals surface area contributed by atoms with Crippen LogP contribution in [0.1, 0.15) is 40.7 Å². The van der Waals surface area contributed by atoms with Crippen LogP contribution in [0.2, 0.25) is 0 Å². The summed E-state index contributed by atoms with van der Waals surface area (Å²) in [5.41, 5.74) is 4.74. The molecule has 6 heteroatoms. The fourth-order valence-corrected chi connectivity index (χ4v) is 3.71. The van der Waals surface area contributed by atoms with Gasteiger partial charge < -0.3 is 10.2 Å². The van der Waals surface area contributed by atoms with Crippen molar-refractivity contribution >= 4 is 16.9 Å². The van der Waals surface area contributed by atoms with E-state index in [0.29, 0.717) is 18.7 Å². The lowest BCUT2D eigenvalue weighted by atomic mass is 10.1. The first-order chi connectivity index (χ1) is 13.7. The first-order valence-corrected chi connectivity index (χ1v) is 10.1. The van der Waals surface area contributed by atoms with Gasteiger partial charge in [-0.1, -0.05) is 35.0 Å². The molecule has 3 aromatic rings. The first-order valence-electron chi connectivity index (χ1n) is 10.1. The predicted octanol–water partition coefficient (Wildman–Crippen LogP) is 3.00. The zero-order valence-electron chi connectivity index (χ0n) is 16.4. The molecule has 0 saturated carbocycles. The topological polar surface area (TPSA) is 63.1 Å². The van der Waals surface area contributed by atoms with E-state index in [9.17, 15) is 4.79 Å². The zero-order chi connectivity index (χ0) is 19.3. The summed E-state index contributed by atoms with van der Waals surface area (Å²) < 4.78 is 1.87. The molecule has 0 atom stereocenters. The van der Waals surface area contributed by atoms with Gasteiger partial charge in [-0.05, 0) is 69.6 Å². The average molecular weight is 377 g/mol. The van der Waals surface area contributed by atoms with Crippen LogP contribution in [0.5, 0.6) is 0 Å². The normalized spacial score (nSPS) is 14.6. The van der Waals surface area contributed by atoms with Crippen LogP contribution in [0, 0.1) is 6.92 Å². The van der Waals surface area contributed by atoms with E-state index in [1.54, 1.807) is 0 Å². The summed E-state index contributed by atoms with van der Waals surface area (Å²) in [7, 11) is 0. The number of aromatic nitrogens is 3. The van der Waals surface area contributed by atoms with Crippen LogP contribution in [-0.4, -0.2) is 52.0 Å². The van der Waals surface area contributed by atoms with Crippen molar-refractivity contribution in [2.75, 3.05) is 26.2 Å². The van der Waals surface area contributed by atoms with E-state index in [1.807, 2.05) is 22.9 Å². The lowest BCUT2D eigenvalue weighted by Gasteiger charge is -2.14. The van der Waals surface area contributed by atoms with E-state index in [0.717, 1.165) is 24.0 Å². The smallest absolute Gasteiger partial charge is 0.251 e. The van der Waals surface area contributed by atoms with E-state index in [-0.39, 0.29) is 5.91 Å². The van der Waals surface area contributed by atoms with Gasteiger partial charge in [0.05, 0.1) is 12.1 Å². The standard InChI is InChI=1S/C22H27N5O/c1-17-5-7-18(8-6-17)16-27-21-10-9-19(15-20(21)24-25-27)22(28)23-11-4-14-26-12-2-3-13-26/h5-10,15H,2-4,11-14,16H2,1H3,(H,23,28). The Morgan fingerprint density at radius 1 is 1.11 bits per heavy atom. The van der Waals surface area contributed by atoms with Gasteiger partial charge in [0.15, 0.2) is 0 Å². The SMILES string of the molecule is Cc1ccc(Cn2nnc3cc(C(=O)NCCCN4CCCC4)ccc32)cc1. The highest BCUT2D eigenvalue weighted by Crippen LogP contribution is 2.15. The molecule has 2 aromatic carbocycles. The van der Waals surface area contributed by atoms with E-state index >= 15 is 0 Å². The fourth-order valence-electron chi connectivity index (χ4n) is 3.71. The summed E-state index contributed by atoms with van der Waals surface area (Å²) in [5, 5.41) is 11.5. The quantitative estimate of drug-likeness (QED) is 0.643. The van der Waals surface area contributed by atoms with Crippen molar-refractivity contribution in [1.82, 2.24) is 25.2 Å². The minimum atomic E-state index is -0.0450. The Balaban J connectivity index is 1.36. The number of carbonyl (C=O) groups excluding carboxylic acids is 1. The molecule has 2 heterocycles. The van der Waals surface area contributed by atoms with Crippen LogP contribution >= 0.6 is 0 Å². The van der Waals surface area contributed by atoms with Crippen molar-refractivity contribution in [3.8, 4) is 0 Å². The third-order valence-electron chi connectivity index (χ3n) is 5.36. The predicted molar refractivity (Wildman–Crippen MR) is 110 cm³/mol. The molecule has 1 saturated heterocycles. The van der Waals surface area contributed by atoms with Gasteiger partial charge >= 0.3 is 0 Å². The number of nitrogens with zero attached hydrogens (tertiary/aromatic N) is 4. The Bertz CT molecular complexity index is 941. The molecule has 28 heavy (non-hydrogen) atoms. The monoisotopic (exact) mass is 377 g/mol. The lowest BCUT2D eigenvalue weighted by Crippen LogP contribution is -2.28. The average Bonchev–Trinajstić information content (AvgIpc) is 3.36. The number of hydrogen-bond donors (Lipinski definition) is 1. The molecule has 1 fully saturated rings. The Hall–Kier alpha value is -2.73. The second-order valence-electron chi connectivity index (χ2n) is 7.59. The number of nitrogens with one attached hydrogen (secondary N) is 1. The van der Waals surface area contributed by atoms with Gasteiger partial charge in [0, 0.05) is 12.1 Å². The molecular formula is C22H27N5O. The van der Waals surface area contributed by atoms with E-state index in [1.165, 1.54) is 37.1 Å². The Labute approximate surface area is 165 Å². The largest absolute Gasteiger partial charge is 0.352 e. The summed E-state index contributed by atoms with van der Waals surface area (Å²) >= 11 is 0. The number of rotatable bonds is 7. The second kappa shape index (κ2) is 8.52. The highest BCUT2D eigenvalue weighted by molar-refractivity contribution is 5.97. The van der Waals surface area contributed by atoms with E-state index in [4.69, 9.17) is 0 Å². The minimum absolute atomic E-state index is 0.0450.